The minimum absolute atomic E-state index is 0.0523. The summed E-state index contributed by atoms with van der Waals surface area (Å²) in [4.78, 5) is 2.40. The van der Waals surface area contributed by atoms with Gasteiger partial charge in [0.05, 0.1) is 41.9 Å². The molecule has 0 aliphatic carbocycles. The van der Waals surface area contributed by atoms with Crippen LogP contribution in [0.15, 0.2) is 30.5 Å². The fraction of sp³-hybridized carbons (Fsp3) is 0.579. The summed E-state index contributed by atoms with van der Waals surface area (Å²) in [6.07, 6.45) is 2.49. The monoisotopic (exact) mass is 343 g/mol. The van der Waals surface area contributed by atoms with E-state index in [4.69, 9.17) is 4.74 Å². The minimum atomic E-state index is -0.0523. The standard InChI is InChI=1S/C19H29N5O/c1-14-11-23(12-15(2)25-14)18-9-7-6-8-17(18)20-10-16-13-24(22-21-16)19(3,4)5/h6-9,13-15,20H,10-12H2,1-5H3. The van der Waals surface area contributed by atoms with Crippen molar-refractivity contribution in [2.75, 3.05) is 23.3 Å². The van der Waals surface area contributed by atoms with E-state index in [1.807, 2.05) is 10.9 Å². The van der Waals surface area contributed by atoms with Crippen LogP contribution in [0.2, 0.25) is 0 Å². The van der Waals surface area contributed by atoms with Crippen molar-refractivity contribution >= 4 is 11.4 Å². The second-order valence-electron chi connectivity index (χ2n) is 7.86. The van der Waals surface area contributed by atoms with Gasteiger partial charge in [-0.3, -0.25) is 0 Å². The van der Waals surface area contributed by atoms with Gasteiger partial charge in [-0.05, 0) is 46.8 Å². The molecule has 1 fully saturated rings. The van der Waals surface area contributed by atoms with Crippen molar-refractivity contribution in [3.05, 3.63) is 36.2 Å². The minimum Gasteiger partial charge on any atom is -0.378 e. The van der Waals surface area contributed by atoms with E-state index < -0.39 is 0 Å². The molecule has 2 heterocycles. The summed E-state index contributed by atoms with van der Waals surface area (Å²) < 4.78 is 7.76. The van der Waals surface area contributed by atoms with Gasteiger partial charge >= 0.3 is 0 Å². The molecule has 136 valence electrons. The maximum Gasteiger partial charge on any atom is 0.102 e. The Morgan fingerprint density at radius 3 is 2.48 bits per heavy atom. The second-order valence-corrected chi connectivity index (χ2v) is 7.86. The highest BCUT2D eigenvalue weighted by Crippen LogP contribution is 2.28. The SMILES string of the molecule is CC1CN(c2ccccc2NCc2cn(C(C)(C)C)nn2)CC(C)O1. The van der Waals surface area contributed by atoms with Crippen LogP contribution in [0, 0.1) is 0 Å². The Balaban J connectivity index is 1.72. The van der Waals surface area contributed by atoms with Crippen molar-refractivity contribution in [2.24, 2.45) is 0 Å². The maximum absolute atomic E-state index is 5.86. The van der Waals surface area contributed by atoms with Crippen LogP contribution in [0.5, 0.6) is 0 Å². The number of para-hydroxylation sites is 2. The third-order valence-corrected chi connectivity index (χ3v) is 4.35. The summed E-state index contributed by atoms with van der Waals surface area (Å²) in [5, 5.41) is 12.0. The molecule has 1 saturated heterocycles. The van der Waals surface area contributed by atoms with Gasteiger partial charge in [0.1, 0.15) is 5.69 Å². The summed E-state index contributed by atoms with van der Waals surface area (Å²) >= 11 is 0. The molecule has 0 spiro atoms. The first kappa shape index (κ1) is 17.7. The number of benzene rings is 1. The molecule has 2 unspecified atom stereocenters. The summed E-state index contributed by atoms with van der Waals surface area (Å²) in [7, 11) is 0. The van der Waals surface area contributed by atoms with Crippen molar-refractivity contribution < 1.29 is 4.74 Å². The molecule has 0 radical (unpaired) electrons. The average molecular weight is 343 g/mol. The van der Waals surface area contributed by atoms with Crippen LogP contribution < -0.4 is 10.2 Å². The molecule has 2 aromatic rings. The maximum atomic E-state index is 5.86. The van der Waals surface area contributed by atoms with Crippen molar-refractivity contribution in [2.45, 2.75) is 58.9 Å². The van der Waals surface area contributed by atoms with Gasteiger partial charge in [-0.15, -0.1) is 5.10 Å². The van der Waals surface area contributed by atoms with Gasteiger partial charge in [-0.25, -0.2) is 4.68 Å². The largest absolute Gasteiger partial charge is 0.378 e. The number of rotatable bonds is 4. The highest BCUT2D eigenvalue weighted by Gasteiger charge is 2.24. The summed E-state index contributed by atoms with van der Waals surface area (Å²) in [6.45, 7) is 13.1. The molecule has 0 saturated carbocycles. The molecule has 1 aromatic heterocycles. The Hall–Kier alpha value is -2.08. The normalized spacial score (nSPS) is 21.4. The van der Waals surface area contributed by atoms with E-state index in [-0.39, 0.29) is 17.7 Å². The van der Waals surface area contributed by atoms with E-state index in [2.05, 4.69) is 79.4 Å². The smallest absolute Gasteiger partial charge is 0.102 e. The summed E-state index contributed by atoms with van der Waals surface area (Å²) in [6, 6.07) is 8.43. The number of morpholine rings is 1. The van der Waals surface area contributed by atoms with Gasteiger partial charge in [0.2, 0.25) is 0 Å². The zero-order chi connectivity index (χ0) is 18.0. The van der Waals surface area contributed by atoms with Crippen LogP contribution in [-0.4, -0.2) is 40.3 Å². The van der Waals surface area contributed by atoms with Crippen LogP contribution in [0.1, 0.15) is 40.3 Å². The third kappa shape index (κ3) is 4.31. The molecule has 1 N–H and O–H groups in total. The van der Waals surface area contributed by atoms with Crippen LogP contribution in [0.3, 0.4) is 0 Å². The van der Waals surface area contributed by atoms with Gasteiger partial charge in [0.25, 0.3) is 0 Å². The van der Waals surface area contributed by atoms with Gasteiger partial charge < -0.3 is 15.0 Å². The Morgan fingerprint density at radius 1 is 1.16 bits per heavy atom. The van der Waals surface area contributed by atoms with E-state index in [0.29, 0.717) is 6.54 Å². The topological polar surface area (TPSA) is 55.2 Å². The van der Waals surface area contributed by atoms with Crippen LogP contribution in [0.25, 0.3) is 0 Å². The molecule has 3 rings (SSSR count). The molecule has 1 aromatic carbocycles. The van der Waals surface area contributed by atoms with Crippen LogP contribution >= 0.6 is 0 Å². The molecular formula is C19H29N5O. The lowest BCUT2D eigenvalue weighted by Gasteiger charge is -2.37. The van der Waals surface area contributed by atoms with Crippen LogP contribution in [0.4, 0.5) is 11.4 Å². The highest BCUT2D eigenvalue weighted by atomic mass is 16.5. The quantitative estimate of drug-likeness (QED) is 0.923. The molecular weight excluding hydrogens is 314 g/mol. The van der Waals surface area contributed by atoms with E-state index >= 15 is 0 Å². The predicted molar refractivity (Wildman–Crippen MR) is 101 cm³/mol. The molecule has 0 amide bonds. The number of anilines is 2. The zero-order valence-electron chi connectivity index (χ0n) is 15.9. The summed E-state index contributed by atoms with van der Waals surface area (Å²) in [5.74, 6) is 0. The number of aromatic nitrogens is 3. The highest BCUT2D eigenvalue weighted by molar-refractivity contribution is 5.70. The second kappa shape index (κ2) is 7.04. The Bertz CT molecular complexity index is 696. The Morgan fingerprint density at radius 2 is 1.84 bits per heavy atom. The number of nitrogens with one attached hydrogen (secondary N) is 1. The van der Waals surface area contributed by atoms with E-state index in [1.54, 1.807) is 0 Å². The Labute approximate surface area is 150 Å². The number of hydrogen-bond donors (Lipinski definition) is 1. The van der Waals surface area contributed by atoms with Crippen molar-refractivity contribution in [3.8, 4) is 0 Å². The Kier molecular flexibility index (Phi) is 4.99. The molecule has 0 bridgehead atoms. The third-order valence-electron chi connectivity index (χ3n) is 4.35. The fourth-order valence-corrected chi connectivity index (χ4v) is 3.17. The van der Waals surface area contributed by atoms with Gasteiger partial charge in [-0.2, -0.15) is 0 Å². The van der Waals surface area contributed by atoms with Crippen LogP contribution in [-0.2, 0) is 16.8 Å². The first-order valence-corrected chi connectivity index (χ1v) is 8.98. The zero-order valence-corrected chi connectivity index (χ0v) is 15.9. The fourth-order valence-electron chi connectivity index (χ4n) is 3.17. The van der Waals surface area contributed by atoms with E-state index in [1.165, 1.54) is 5.69 Å². The summed E-state index contributed by atoms with van der Waals surface area (Å²) in [5.41, 5.74) is 3.22. The number of nitrogens with zero attached hydrogens (tertiary/aromatic N) is 4. The van der Waals surface area contributed by atoms with Gasteiger partial charge in [0, 0.05) is 13.1 Å². The van der Waals surface area contributed by atoms with E-state index in [9.17, 15) is 0 Å². The first-order valence-electron chi connectivity index (χ1n) is 8.98. The van der Waals surface area contributed by atoms with Gasteiger partial charge in [0.15, 0.2) is 0 Å². The van der Waals surface area contributed by atoms with E-state index in [0.717, 1.165) is 24.5 Å². The lowest BCUT2D eigenvalue weighted by molar-refractivity contribution is -0.00517. The van der Waals surface area contributed by atoms with Gasteiger partial charge in [-0.1, -0.05) is 17.3 Å². The number of hydrogen-bond acceptors (Lipinski definition) is 5. The first-order chi connectivity index (χ1) is 11.8. The lowest BCUT2D eigenvalue weighted by Crippen LogP contribution is -2.45. The van der Waals surface area contributed by atoms with Crippen molar-refractivity contribution in [1.29, 1.82) is 0 Å². The molecule has 2 atom stereocenters. The van der Waals surface area contributed by atoms with Crippen molar-refractivity contribution in [1.82, 2.24) is 15.0 Å². The molecule has 25 heavy (non-hydrogen) atoms. The average Bonchev–Trinajstić information content (AvgIpc) is 3.01. The molecule has 6 heteroatoms. The molecule has 1 aliphatic rings. The predicted octanol–water partition coefficient (Wildman–Crippen LogP) is 3.26. The molecule has 1 aliphatic heterocycles. The lowest BCUT2D eigenvalue weighted by atomic mass is 10.1. The van der Waals surface area contributed by atoms with Crippen molar-refractivity contribution in [3.63, 3.8) is 0 Å². The number of ether oxygens (including phenoxy) is 1. The molecule has 6 nitrogen and oxygen atoms in total.